The molecule has 0 fully saturated rings. The number of rotatable bonds is 6. The summed E-state index contributed by atoms with van der Waals surface area (Å²) in [6.45, 7) is 1.98. The van der Waals surface area contributed by atoms with E-state index in [1.54, 1.807) is 24.5 Å². The Labute approximate surface area is 134 Å². The Hall–Kier alpha value is -1.45. The zero-order chi connectivity index (χ0) is 15.2. The quantitative estimate of drug-likeness (QED) is 0.861. The average molecular weight is 326 g/mol. The predicted octanol–water partition coefficient (Wildman–Crippen LogP) is 4.27. The summed E-state index contributed by atoms with van der Waals surface area (Å²) >= 11 is 11.8. The van der Waals surface area contributed by atoms with Crippen molar-refractivity contribution in [3.63, 3.8) is 0 Å². The van der Waals surface area contributed by atoms with Gasteiger partial charge in [0, 0.05) is 12.5 Å². The predicted molar refractivity (Wildman–Crippen MR) is 84.8 cm³/mol. The van der Waals surface area contributed by atoms with Crippen LogP contribution in [0.1, 0.15) is 24.7 Å². The Kier molecular flexibility index (Phi) is 5.71. The summed E-state index contributed by atoms with van der Waals surface area (Å²) in [6, 6.07) is 9.11. The minimum Gasteiger partial charge on any atom is -0.469 e. The molecule has 21 heavy (non-hydrogen) atoms. The maximum absolute atomic E-state index is 12.0. The van der Waals surface area contributed by atoms with Crippen LogP contribution < -0.4 is 5.32 Å². The van der Waals surface area contributed by atoms with Gasteiger partial charge in [0.1, 0.15) is 5.76 Å². The zero-order valence-corrected chi connectivity index (χ0v) is 13.2. The monoisotopic (exact) mass is 325 g/mol. The van der Waals surface area contributed by atoms with Gasteiger partial charge < -0.3 is 9.73 Å². The van der Waals surface area contributed by atoms with Crippen LogP contribution in [0.15, 0.2) is 41.0 Å². The van der Waals surface area contributed by atoms with E-state index in [1.807, 2.05) is 19.1 Å². The molecule has 0 bridgehead atoms. The van der Waals surface area contributed by atoms with Gasteiger partial charge in [-0.05, 0) is 43.2 Å². The third-order valence-corrected chi connectivity index (χ3v) is 3.90. The molecule has 1 heterocycles. The molecule has 3 nitrogen and oxygen atoms in total. The van der Waals surface area contributed by atoms with Crippen LogP contribution in [0, 0.1) is 0 Å². The van der Waals surface area contributed by atoms with Gasteiger partial charge in [-0.25, -0.2) is 0 Å². The van der Waals surface area contributed by atoms with Gasteiger partial charge in [0.2, 0.25) is 5.91 Å². The number of nitrogens with one attached hydrogen (secondary N) is 1. The van der Waals surface area contributed by atoms with Crippen molar-refractivity contribution >= 4 is 29.1 Å². The summed E-state index contributed by atoms with van der Waals surface area (Å²) in [5.41, 5.74) is 0.847. The fraction of sp³-hybridized carbons (Fsp3) is 0.312. The van der Waals surface area contributed by atoms with E-state index >= 15 is 0 Å². The van der Waals surface area contributed by atoms with Crippen molar-refractivity contribution in [2.24, 2.45) is 0 Å². The van der Waals surface area contributed by atoms with Gasteiger partial charge in [-0.3, -0.25) is 4.79 Å². The second kappa shape index (κ2) is 7.53. The van der Waals surface area contributed by atoms with E-state index in [9.17, 15) is 4.79 Å². The van der Waals surface area contributed by atoms with Gasteiger partial charge in [0.15, 0.2) is 0 Å². The summed E-state index contributed by atoms with van der Waals surface area (Å²) in [6.07, 6.45) is 3.59. The number of carbonyl (C=O) groups excluding carboxylic acids is 1. The van der Waals surface area contributed by atoms with Crippen LogP contribution in [0.3, 0.4) is 0 Å². The molecule has 0 radical (unpaired) electrons. The van der Waals surface area contributed by atoms with Crippen molar-refractivity contribution in [1.29, 1.82) is 0 Å². The Bertz CT molecular complexity index is 596. The van der Waals surface area contributed by atoms with Crippen LogP contribution in [0.2, 0.25) is 10.0 Å². The minimum atomic E-state index is -0.0275. The molecule has 0 saturated carbocycles. The molecule has 5 heteroatoms. The van der Waals surface area contributed by atoms with Crippen LogP contribution in [-0.4, -0.2) is 11.9 Å². The first-order chi connectivity index (χ1) is 10.0. The highest BCUT2D eigenvalue weighted by Crippen LogP contribution is 2.22. The van der Waals surface area contributed by atoms with E-state index < -0.39 is 0 Å². The van der Waals surface area contributed by atoms with Gasteiger partial charge in [0.25, 0.3) is 0 Å². The number of hydrogen-bond donors (Lipinski definition) is 1. The van der Waals surface area contributed by atoms with Crippen molar-refractivity contribution in [3.05, 3.63) is 58.0 Å². The number of carbonyl (C=O) groups is 1. The number of halogens is 2. The minimum absolute atomic E-state index is 0.0275. The van der Waals surface area contributed by atoms with Crippen LogP contribution in [0.5, 0.6) is 0 Å². The number of aryl methyl sites for hydroxylation is 1. The molecular formula is C16H17Cl2NO2. The molecule has 0 spiro atoms. The Morgan fingerprint density at radius 1 is 1.29 bits per heavy atom. The first-order valence-electron chi connectivity index (χ1n) is 6.80. The third-order valence-electron chi connectivity index (χ3n) is 3.16. The molecule has 0 aliphatic carbocycles. The van der Waals surface area contributed by atoms with Crippen molar-refractivity contribution in [3.8, 4) is 0 Å². The molecule has 0 unspecified atom stereocenters. The second-order valence-corrected chi connectivity index (χ2v) is 5.83. The molecule has 1 aromatic carbocycles. The molecule has 0 aliphatic rings. The van der Waals surface area contributed by atoms with E-state index in [0.717, 1.165) is 24.2 Å². The van der Waals surface area contributed by atoms with Crippen molar-refractivity contribution in [2.75, 3.05) is 0 Å². The van der Waals surface area contributed by atoms with Gasteiger partial charge >= 0.3 is 0 Å². The lowest BCUT2D eigenvalue weighted by Gasteiger charge is -2.13. The van der Waals surface area contributed by atoms with Crippen LogP contribution >= 0.6 is 23.2 Å². The first-order valence-corrected chi connectivity index (χ1v) is 7.56. The van der Waals surface area contributed by atoms with Crippen molar-refractivity contribution in [1.82, 2.24) is 5.32 Å². The SMILES string of the molecule is C[C@H](CCc1ccco1)NC(=O)Cc1ccc(Cl)c(Cl)c1. The first kappa shape index (κ1) is 15.9. The molecule has 1 amide bonds. The highest BCUT2D eigenvalue weighted by Gasteiger charge is 2.10. The highest BCUT2D eigenvalue weighted by molar-refractivity contribution is 6.42. The topological polar surface area (TPSA) is 42.2 Å². The molecule has 0 saturated heterocycles. The van der Waals surface area contributed by atoms with Gasteiger partial charge in [-0.1, -0.05) is 29.3 Å². The Morgan fingerprint density at radius 2 is 2.10 bits per heavy atom. The van der Waals surface area contributed by atoms with Crippen LogP contribution in [0.4, 0.5) is 0 Å². The summed E-state index contributed by atoms with van der Waals surface area (Å²) in [5.74, 6) is 0.904. The van der Waals surface area contributed by atoms with E-state index in [-0.39, 0.29) is 11.9 Å². The maximum Gasteiger partial charge on any atom is 0.224 e. The molecule has 1 N–H and O–H groups in total. The summed E-state index contributed by atoms with van der Waals surface area (Å²) in [7, 11) is 0. The standard InChI is InChI=1S/C16H17Cl2NO2/c1-11(4-6-13-3-2-8-21-13)19-16(20)10-12-5-7-14(17)15(18)9-12/h2-3,5,7-9,11H,4,6,10H2,1H3,(H,19,20)/t11-/m1/s1. The fourth-order valence-corrected chi connectivity index (χ4v) is 2.37. The van der Waals surface area contributed by atoms with Gasteiger partial charge in [-0.15, -0.1) is 0 Å². The van der Waals surface area contributed by atoms with Crippen molar-refractivity contribution in [2.45, 2.75) is 32.2 Å². The maximum atomic E-state index is 12.0. The lowest BCUT2D eigenvalue weighted by Crippen LogP contribution is -2.34. The molecular weight excluding hydrogens is 309 g/mol. The number of furan rings is 1. The largest absolute Gasteiger partial charge is 0.469 e. The van der Waals surface area contributed by atoms with E-state index in [4.69, 9.17) is 27.6 Å². The number of hydrogen-bond acceptors (Lipinski definition) is 2. The van der Waals surface area contributed by atoms with Gasteiger partial charge in [-0.2, -0.15) is 0 Å². The Balaban J connectivity index is 1.79. The number of amides is 1. The van der Waals surface area contributed by atoms with Crippen LogP contribution in [0.25, 0.3) is 0 Å². The normalized spacial score (nSPS) is 12.1. The number of benzene rings is 1. The van der Waals surface area contributed by atoms with Crippen LogP contribution in [-0.2, 0) is 17.6 Å². The molecule has 1 atom stereocenters. The second-order valence-electron chi connectivity index (χ2n) is 5.01. The van der Waals surface area contributed by atoms with Crippen molar-refractivity contribution < 1.29 is 9.21 Å². The van der Waals surface area contributed by atoms with E-state index in [1.165, 1.54) is 0 Å². The lowest BCUT2D eigenvalue weighted by atomic mass is 10.1. The summed E-state index contributed by atoms with van der Waals surface area (Å²) in [4.78, 5) is 12.0. The smallest absolute Gasteiger partial charge is 0.224 e. The molecule has 2 aromatic rings. The molecule has 1 aromatic heterocycles. The lowest BCUT2D eigenvalue weighted by molar-refractivity contribution is -0.121. The highest BCUT2D eigenvalue weighted by atomic mass is 35.5. The summed E-state index contributed by atoms with van der Waals surface area (Å²) in [5, 5.41) is 3.93. The molecule has 2 rings (SSSR count). The average Bonchev–Trinajstić information content (AvgIpc) is 2.94. The molecule has 112 valence electrons. The zero-order valence-electron chi connectivity index (χ0n) is 11.7. The summed E-state index contributed by atoms with van der Waals surface area (Å²) < 4.78 is 5.27. The van der Waals surface area contributed by atoms with E-state index in [2.05, 4.69) is 5.32 Å². The molecule has 0 aliphatic heterocycles. The fourth-order valence-electron chi connectivity index (χ4n) is 2.05. The van der Waals surface area contributed by atoms with E-state index in [0.29, 0.717) is 16.5 Å². The third kappa shape index (κ3) is 5.10. The van der Waals surface area contributed by atoms with Gasteiger partial charge in [0.05, 0.1) is 22.7 Å². The Morgan fingerprint density at radius 3 is 2.76 bits per heavy atom.